The maximum Gasteiger partial charge on any atom is 0.234 e. The number of rotatable bonds is 6. The molecule has 0 aliphatic heterocycles. The monoisotopic (exact) mass is 350 g/mol. The highest BCUT2D eigenvalue weighted by molar-refractivity contribution is 7.99. The summed E-state index contributed by atoms with van der Waals surface area (Å²) in [5.74, 6) is -1.55. The maximum absolute atomic E-state index is 13.1. The molecular weight excluding hydrogens is 338 g/mol. The zero-order valence-corrected chi connectivity index (χ0v) is 13.1. The first-order valence-electron chi connectivity index (χ1n) is 6.90. The van der Waals surface area contributed by atoms with Crippen LogP contribution in [-0.2, 0) is 11.3 Å². The van der Waals surface area contributed by atoms with Crippen molar-refractivity contribution in [2.24, 2.45) is 0 Å². The second kappa shape index (κ2) is 7.26. The summed E-state index contributed by atoms with van der Waals surface area (Å²) in [7, 11) is 0. The molecule has 0 saturated heterocycles. The molecule has 0 radical (unpaired) electrons. The van der Waals surface area contributed by atoms with Crippen LogP contribution in [-0.4, -0.2) is 26.4 Å². The van der Waals surface area contributed by atoms with Crippen molar-refractivity contribution in [2.75, 3.05) is 11.1 Å². The molecule has 1 amide bonds. The number of nitrogens with zero attached hydrogens (tertiary/aromatic N) is 3. The lowest BCUT2D eigenvalue weighted by Crippen LogP contribution is -2.15. The minimum absolute atomic E-state index is 0.0514. The molecule has 3 aromatic rings. The predicted molar refractivity (Wildman–Crippen MR) is 83.5 cm³/mol. The molecule has 124 valence electrons. The molecule has 3 rings (SSSR count). The molecule has 0 bridgehead atoms. The van der Waals surface area contributed by atoms with Crippen LogP contribution in [0.25, 0.3) is 0 Å². The molecule has 0 saturated carbocycles. The highest BCUT2D eigenvalue weighted by Gasteiger charge is 2.11. The summed E-state index contributed by atoms with van der Waals surface area (Å²) < 4.78 is 33.0. The lowest BCUT2D eigenvalue weighted by atomic mass is 10.3. The predicted octanol–water partition coefficient (Wildman–Crippen LogP) is 2.93. The van der Waals surface area contributed by atoms with E-state index in [2.05, 4.69) is 15.5 Å². The maximum atomic E-state index is 13.1. The Hall–Kier alpha value is -2.68. The van der Waals surface area contributed by atoms with Crippen LogP contribution >= 0.6 is 11.8 Å². The normalized spacial score (nSPS) is 10.8. The van der Waals surface area contributed by atoms with Gasteiger partial charge in [0.15, 0.2) is 16.8 Å². The number of halogens is 2. The van der Waals surface area contributed by atoms with Gasteiger partial charge in [-0.25, -0.2) is 8.78 Å². The van der Waals surface area contributed by atoms with Crippen LogP contribution in [0.15, 0.2) is 52.5 Å². The molecule has 2 aromatic heterocycles. The molecule has 1 N–H and O–H groups in total. The van der Waals surface area contributed by atoms with Gasteiger partial charge in [0.1, 0.15) is 12.1 Å². The molecule has 6 nitrogen and oxygen atoms in total. The van der Waals surface area contributed by atoms with E-state index in [-0.39, 0.29) is 17.3 Å². The van der Waals surface area contributed by atoms with Crippen molar-refractivity contribution in [3.8, 4) is 0 Å². The third kappa shape index (κ3) is 3.99. The highest BCUT2D eigenvalue weighted by Crippen LogP contribution is 2.18. The summed E-state index contributed by atoms with van der Waals surface area (Å²) in [6.45, 7) is 0.452. The van der Waals surface area contributed by atoms with Crippen LogP contribution in [0.4, 0.5) is 14.5 Å². The van der Waals surface area contributed by atoms with Gasteiger partial charge in [-0.1, -0.05) is 11.8 Å². The fraction of sp³-hybridized carbons (Fsp3) is 0.133. The number of thioether (sulfide) groups is 1. The molecule has 0 fully saturated rings. The summed E-state index contributed by atoms with van der Waals surface area (Å²) in [6.07, 6.45) is 3.11. The number of benzene rings is 1. The Morgan fingerprint density at radius 2 is 2.17 bits per heavy atom. The average molecular weight is 350 g/mol. The average Bonchev–Trinajstić information content (AvgIpc) is 3.21. The van der Waals surface area contributed by atoms with Crippen molar-refractivity contribution in [1.82, 2.24) is 14.8 Å². The van der Waals surface area contributed by atoms with E-state index >= 15 is 0 Å². The van der Waals surface area contributed by atoms with Crippen LogP contribution in [0.5, 0.6) is 0 Å². The number of carbonyl (C=O) groups excluding carboxylic acids is 1. The van der Waals surface area contributed by atoms with Crippen LogP contribution in [0.2, 0.25) is 0 Å². The third-order valence-corrected chi connectivity index (χ3v) is 4.00. The third-order valence-electron chi connectivity index (χ3n) is 3.02. The van der Waals surface area contributed by atoms with Crippen molar-refractivity contribution in [1.29, 1.82) is 0 Å². The summed E-state index contributed by atoms with van der Waals surface area (Å²) in [6, 6.07) is 6.78. The van der Waals surface area contributed by atoms with E-state index in [0.717, 1.165) is 17.9 Å². The summed E-state index contributed by atoms with van der Waals surface area (Å²) >= 11 is 1.18. The first-order chi connectivity index (χ1) is 11.6. The Bertz CT molecular complexity index is 836. The van der Waals surface area contributed by atoms with E-state index < -0.39 is 11.6 Å². The fourth-order valence-corrected chi connectivity index (χ4v) is 2.65. The molecule has 0 aliphatic rings. The van der Waals surface area contributed by atoms with Gasteiger partial charge in [-0.05, 0) is 24.3 Å². The Morgan fingerprint density at radius 3 is 2.92 bits per heavy atom. The molecule has 9 heteroatoms. The van der Waals surface area contributed by atoms with Gasteiger partial charge in [0.2, 0.25) is 5.91 Å². The SMILES string of the molecule is O=C(CSc1nncn1Cc1ccco1)Nc1ccc(F)c(F)c1. The van der Waals surface area contributed by atoms with Gasteiger partial charge in [-0.3, -0.25) is 4.79 Å². The molecule has 0 atom stereocenters. The number of hydrogen-bond acceptors (Lipinski definition) is 5. The molecule has 0 spiro atoms. The van der Waals surface area contributed by atoms with Crippen LogP contribution in [0, 0.1) is 11.6 Å². The lowest BCUT2D eigenvalue weighted by Gasteiger charge is -2.06. The van der Waals surface area contributed by atoms with Crippen LogP contribution < -0.4 is 5.32 Å². The number of hydrogen-bond donors (Lipinski definition) is 1. The number of nitrogens with one attached hydrogen (secondary N) is 1. The van der Waals surface area contributed by atoms with Gasteiger partial charge in [-0.2, -0.15) is 0 Å². The zero-order chi connectivity index (χ0) is 16.9. The summed E-state index contributed by atoms with van der Waals surface area (Å²) in [4.78, 5) is 11.9. The van der Waals surface area contributed by atoms with E-state index in [1.807, 2.05) is 6.07 Å². The van der Waals surface area contributed by atoms with Gasteiger partial charge < -0.3 is 14.3 Å². The van der Waals surface area contributed by atoms with E-state index in [9.17, 15) is 13.6 Å². The lowest BCUT2D eigenvalue weighted by molar-refractivity contribution is -0.113. The largest absolute Gasteiger partial charge is 0.467 e. The van der Waals surface area contributed by atoms with Crippen LogP contribution in [0.3, 0.4) is 0 Å². The highest BCUT2D eigenvalue weighted by atomic mass is 32.2. The minimum atomic E-state index is -1.02. The van der Waals surface area contributed by atoms with E-state index in [1.54, 1.807) is 16.9 Å². The number of carbonyl (C=O) groups is 1. The van der Waals surface area contributed by atoms with Gasteiger partial charge in [0, 0.05) is 11.8 Å². The quantitative estimate of drug-likeness (QED) is 0.692. The molecular formula is C15H12F2N4O2S. The van der Waals surface area contributed by atoms with Gasteiger partial charge in [0.05, 0.1) is 18.6 Å². The molecule has 0 aliphatic carbocycles. The zero-order valence-electron chi connectivity index (χ0n) is 12.3. The van der Waals surface area contributed by atoms with E-state index in [0.29, 0.717) is 11.7 Å². The first kappa shape index (κ1) is 16.2. The van der Waals surface area contributed by atoms with Gasteiger partial charge >= 0.3 is 0 Å². The number of aromatic nitrogens is 3. The van der Waals surface area contributed by atoms with Crippen molar-refractivity contribution in [3.05, 3.63) is 60.3 Å². The van der Waals surface area contributed by atoms with E-state index in [1.165, 1.54) is 24.2 Å². The topological polar surface area (TPSA) is 73.0 Å². The Labute approximate surface area is 139 Å². The van der Waals surface area contributed by atoms with Gasteiger partial charge in [0.25, 0.3) is 0 Å². The molecule has 0 unspecified atom stereocenters. The standard InChI is InChI=1S/C15H12F2N4O2S/c16-12-4-3-10(6-13(12)17)19-14(22)8-24-15-20-18-9-21(15)7-11-2-1-5-23-11/h1-6,9H,7-8H2,(H,19,22). The van der Waals surface area contributed by atoms with Crippen molar-refractivity contribution in [2.45, 2.75) is 11.7 Å². The van der Waals surface area contributed by atoms with Gasteiger partial charge in [-0.15, -0.1) is 10.2 Å². The van der Waals surface area contributed by atoms with Crippen LogP contribution in [0.1, 0.15) is 5.76 Å². The molecule has 1 aromatic carbocycles. The summed E-state index contributed by atoms with van der Waals surface area (Å²) in [5, 5.41) is 10.8. The Kier molecular flexibility index (Phi) is 4.90. The van der Waals surface area contributed by atoms with E-state index in [4.69, 9.17) is 4.42 Å². The van der Waals surface area contributed by atoms with Crippen molar-refractivity contribution < 1.29 is 18.0 Å². The van der Waals surface area contributed by atoms with Crippen molar-refractivity contribution >= 4 is 23.4 Å². The molecule has 24 heavy (non-hydrogen) atoms. The Morgan fingerprint density at radius 1 is 1.29 bits per heavy atom. The Balaban J connectivity index is 1.56. The number of furan rings is 1. The molecule has 2 heterocycles. The second-order valence-corrected chi connectivity index (χ2v) is 5.73. The summed E-state index contributed by atoms with van der Waals surface area (Å²) in [5.41, 5.74) is 0.191. The first-order valence-corrected chi connectivity index (χ1v) is 7.88. The number of anilines is 1. The fourth-order valence-electron chi connectivity index (χ4n) is 1.94. The second-order valence-electron chi connectivity index (χ2n) is 4.79. The minimum Gasteiger partial charge on any atom is -0.467 e. The smallest absolute Gasteiger partial charge is 0.234 e. The van der Waals surface area contributed by atoms with Crippen molar-refractivity contribution in [3.63, 3.8) is 0 Å². The number of amides is 1.